The van der Waals surface area contributed by atoms with Crippen molar-refractivity contribution in [2.45, 2.75) is 48.8 Å². The standard InChI is InChI=1S/C9H13OP/c10-7-5-8(1-2-8)11-9(6-7)3-4-9/h11H,1-6H2. The normalized spacial score (nSPS) is 36.2. The summed E-state index contributed by atoms with van der Waals surface area (Å²) in [5.74, 6) is 0.568. The minimum atomic E-state index is 0.568. The molecule has 3 rings (SSSR count). The highest BCUT2D eigenvalue weighted by Crippen LogP contribution is 2.71. The highest BCUT2D eigenvalue weighted by Gasteiger charge is 2.58. The zero-order valence-electron chi connectivity index (χ0n) is 6.65. The third kappa shape index (κ3) is 0.973. The highest BCUT2D eigenvalue weighted by atomic mass is 31.1. The van der Waals surface area contributed by atoms with Crippen molar-refractivity contribution in [1.82, 2.24) is 0 Å². The lowest BCUT2D eigenvalue weighted by Crippen LogP contribution is -2.25. The maximum Gasteiger partial charge on any atom is 0.134 e. The summed E-state index contributed by atoms with van der Waals surface area (Å²) in [5, 5.41) is 1.15. The van der Waals surface area contributed by atoms with Crippen LogP contribution in [0.15, 0.2) is 0 Å². The fourth-order valence-corrected chi connectivity index (χ4v) is 4.82. The van der Waals surface area contributed by atoms with Gasteiger partial charge in [0, 0.05) is 12.8 Å². The Hall–Kier alpha value is 0.100. The molecule has 3 aliphatic rings. The first kappa shape index (κ1) is 6.60. The van der Waals surface area contributed by atoms with Gasteiger partial charge in [-0.3, -0.25) is 4.79 Å². The van der Waals surface area contributed by atoms with E-state index in [0.29, 0.717) is 16.1 Å². The zero-order valence-corrected chi connectivity index (χ0v) is 7.65. The van der Waals surface area contributed by atoms with Crippen LogP contribution >= 0.6 is 8.58 Å². The molecular weight excluding hydrogens is 155 g/mol. The molecule has 0 aromatic rings. The molecular formula is C9H13OP. The average Bonchev–Trinajstić information content (AvgIpc) is 2.76. The lowest BCUT2D eigenvalue weighted by Gasteiger charge is -2.28. The molecule has 1 heterocycles. The van der Waals surface area contributed by atoms with Crippen molar-refractivity contribution >= 4 is 14.4 Å². The van der Waals surface area contributed by atoms with Crippen molar-refractivity contribution in [2.75, 3.05) is 0 Å². The largest absolute Gasteiger partial charge is 0.300 e. The van der Waals surface area contributed by atoms with Crippen molar-refractivity contribution in [3.05, 3.63) is 0 Å². The van der Waals surface area contributed by atoms with E-state index in [1.807, 2.05) is 0 Å². The predicted molar refractivity (Wildman–Crippen MR) is 46.5 cm³/mol. The van der Waals surface area contributed by atoms with Gasteiger partial charge in [-0.05, 0) is 36.0 Å². The van der Waals surface area contributed by atoms with Crippen LogP contribution in [0.3, 0.4) is 0 Å². The SMILES string of the molecule is O=C1CC2(CC2)PC2(CC2)C1. The first-order valence-corrected chi connectivity index (χ1v) is 5.53. The van der Waals surface area contributed by atoms with E-state index in [2.05, 4.69) is 0 Å². The molecule has 11 heavy (non-hydrogen) atoms. The summed E-state index contributed by atoms with van der Waals surface area (Å²) in [6, 6.07) is 0. The van der Waals surface area contributed by atoms with Crippen LogP contribution in [0.5, 0.6) is 0 Å². The predicted octanol–water partition coefficient (Wildman–Crippen LogP) is 2.09. The zero-order chi connectivity index (χ0) is 7.53. The van der Waals surface area contributed by atoms with Gasteiger partial charge in [-0.15, -0.1) is 8.58 Å². The van der Waals surface area contributed by atoms with Crippen LogP contribution < -0.4 is 0 Å². The molecule has 1 aliphatic heterocycles. The highest BCUT2D eigenvalue weighted by molar-refractivity contribution is 7.43. The molecule has 0 unspecified atom stereocenters. The van der Waals surface area contributed by atoms with Gasteiger partial charge in [0.2, 0.25) is 0 Å². The Morgan fingerprint density at radius 3 is 1.82 bits per heavy atom. The smallest absolute Gasteiger partial charge is 0.134 e. The maximum atomic E-state index is 11.4. The second kappa shape index (κ2) is 1.71. The van der Waals surface area contributed by atoms with E-state index in [1.54, 1.807) is 0 Å². The third-order valence-corrected chi connectivity index (χ3v) is 5.72. The number of carbonyl (C=O) groups excluding carboxylic acids is 1. The van der Waals surface area contributed by atoms with E-state index in [1.165, 1.54) is 25.7 Å². The fraction of sp³-hybridized carbons (Fsp3) is 0.889. The molecule has 60 valence electrons. The summed E-state index contributed by atoms with van der Waals surface area (Å²) in [4.78, 5) is 11.4. The Kier molecular flexibility index (Phi) is 1.03. The van der Waals surface area contributed by atoms with Gasteiger partial charge < -0.3 is 0 Å². The molecule has 0 bridgehead atoms. The van der Waals surface area contributed by atoms with Crippen molar-refractivity contribution in [1.29, 1.82) is 0 Å². The Labute approximate surface area is 68.7 Å². The summed E-state index contributed by atoms with van der Waals surface area (Å²) < 4.78 is 0. The Morgan fingerprint density at radius 2 is 1.45 bits per heavy atom. The molecule has 2 saturated carbocycles. The molecule has 2 aliphatic carbocycles. The summed E-state index contributed by atoms with van der Waals surface area (Å²) in [6.07, 6.45) is 7.32. The van der Waals surface area contributed by atoms with Gasteiger partial charge >= 0.3 is 0 Å². The number of hydrogen-bond acceptors (Lipinski definition) is 1. The molecule has 1 saturated heterocycles. The Morgan fingerprint density at radius 1 is 1.00 bits per heavy atom. The molecule has 2 spiro atoms. The van der Waals surface area contributed by atoms with Crippen molar-refractivity contribution < 1.29 is 4.79 Å². The van der Waals surface area contributed by atoms with E-state index in [-0.39, 0.29) is 0 Å². The van der Waals surface area contributed by atoms with Gasteiger partial charge in [-0.2, -0.15) is 0 Å². The monoisotopic (exact) mass is 168 g/mol. The van der Waals surface area contributed by atoms with E-state index < -0.39 is 0 Å². The van der Waals surface area contributed by atoms with E-state index >= 15 is 0 Å². The van der Waals surface area contributed by atoms with E-state index in [4.69, 9.17) is 0 Å². The van der Waals surface area contributed by atoms with Crippen LogP contribution in [0, 0.1) is 0 Å². The number of hydrogen-bond donors (Lipinski definition) is 0. The molecule has 0 aromatic heterocycles. The van der Waals surface area contributed by atoms with Gasteiger partial charge in [0.15, 0.2) is 0 Å². The van der Waals surface area contributed by atoms with Gasteiger partial charge in [-0.1, -0.05) is 0 Å². The quantitative estimate of drug-likeness (QED) is 0.506. The number of carbonyl (C=O) groups is 1. The molecule has 0 amide bonds. The van der Waals surface area contributed by atoms with Gasteiger partial charge in [0.25, 0.3) is 0 Å². The van der Waals surface area contributed by atoms with Crippen LogP contribution in [0.4, 0.5) is 0 Å². The number of rotatable bonds is 0. The fourth-order valence-electron chi connectivity index (χ4n) is 2.37. The number of Topliss-reactive ketones (excluding diaryl/α,β-unsaturated/α-hetero) is 1. The van der Waals surface area contributed by atoms with Crippen molar-refractivity contribution in [2.24, 2.45) is 0 Å². The molecule has 0 atom stereocenters. The lowest BCUT2D eigenvalue weighted by molar-refractivity contribution is -0.119. The summed E-state index contributed by atoms with van der Waals surface area (Å²) in [5.41, 5.74) is 0. The summed E-state index contributed by atoms with van der Waals surface area (Å²) in [7, 11) is 1.14. The first-order chi connectivity index (χ1) is 5.22. The average molecular weight is 168 g/mol. The van der Waals surface area contributed by atoms with E-state index in [0.717, 1.165) is 21.4 Å². The molecule has 0 N–H and O–H groups in total. The summed E-state index contributed by atoms with van der Waals surface area (Å²) >= 11 is 0. The topological polar surface area (TPSA) is 17.1 Å². The Balaban J connectivity index is 1.87. The molecule has 2 heteroatoms. The molecule has 0 radical (unpaired) electrons. The minimum absolute atomic E-state index is 0.568. The molecule has 1 nitrogen and oxygen atoms in total. The number of ketones is 1. The van der Waals surface area contributed by atoms with Gasteiger partial charge in [0.05, 0.1) is 0 Å². The molecule has 3 fully saturated rings. The van der Waals surface area contributed by atoms with E-state index in [9.17, 15) is 4.79 Å². The van der Waals surface area contributed by atoms with Crippen molar-refractivity contribution in [3.8, 4) is 0 Å². The van der Waals surface area contributed by atoms with Crippen LogP contribution in [-0.2, 0) is 4.79 Å². The summed E-state index contributed by atoms with van der Waals surface area (Å²) in [6.45, 7) is 0. The van der Waals surface area contributed by atoms with Gasteiger partial charge in [0.1, 0.15) is 5.78 Å². The third-order valence-electron chi connectivity index (χ3n) is 3.31. The van der Waals surface area contributed by atoms with Crippen LogP contribution in [0.1, 0.15) is 38.5 Å². The molecule has 0 aromatic carbocycles. The van der Waals surface area contributed by atoms with Crippen LogP contribution in [0.25, 0.3) is 0 Å². The van der Waals surface area contributed by atoms with Crippen molar-refractivity contribution in [3.63, 3.8) is 0 Å². The second-order valence-corrected chi connectivity index (χ2v) is 6.95. The minimum Gasteiger partial charge on any atom is -0.300 e. The second-order valence-electron chi connectivity index (χ2n) is 4.58. The maximum absolute atomic E-state index is 11.4. The Bertz CT molecular complexity index is 204. The lowest BCUT2D eigenvalue weighted by atomic mass is 10.1. The van der Waals surface area contributed by atoms with Gasteiger partial charge in [-0.25, -0.2) is 0 Å². The van der Waals surface area contributed by atoms with Crippen LogP contribution in [-0.4, -0.2) is 16.1 Å². The first-order valence-electron chi connectivity index (χ1n) is 4.53. The van der Waals surface area contributed by atoms with Crippen LogP contribution in [0.2, 0.25) is 0 Å².